The van der Waals surface area contributed by atoms with Crippen molar-refractivity contribution in [2.45, 2.75) is 18.6 Å². The largest absolute Gasteiger partial charge is 0.394 e. The van der Waals surface area contributed by atoms with Gasteiger partial charge in [-0.1, -0.05) is 0 Å². The number of aliphatic hydroxyl groups excluding tert-OH is 2. The third kappa shape index (κ3) is 1.93. The second-order valence-corrected chi connectivity index (χ2v) is 2.58. The molecule has 1 heterocycles. The van der Waals surface area contributed by atoms with E-state index in [0.717, 1.165) is 0 Å². The van der Waals surface area contributed by atoms with Gasteiger partial charge in [-0.05, 0) is 0 Å². The van der Waals surface area contributed by atoms with E-state index in [1.807, 2.05) is 5.32 Å². The average Bonchev–Trinajstić information content (AvgIpc) is 2.01. The molecule has 0 aromatic rings. The fourth-order valence-electron chi connectivity index (χ4n) is 0.992. The van der Waals surface area contributed by atoms with Gasteiger partial charge in [-0.2, -0.15) is 0 Å². The van der Waals surface area contributed by atoms with Gasteiger partial charge in [0.15, 0.2) is 0 Å². The average molecular weight is 174 g/mol. The van der Waals surface area contributed by atoms with Crippen molar-refractivity contribution in [1.29, 1.82) is 0 Å². The van der Waals surface area contributed by atoms with E-state index in [1.54, 1.807) is 0 Å². The van der Waals surface area contributed by atoms with Gasteiger partial charge in [-0.25, -0.2) is 4.79 Å². The van der Waals surface area contributed by atoms with Crippen LogP contribution in [0.25, 0.3) is 0 Å². The Hall–Kier alpha value is -1.14. The molecule has 2 unspecified atom stereocenters. The van der Waals surface area contributed by atoms with E-state index in [0.29, 0.717) is 0 Å². The SMILES string of the molecule is O=C1CC(C(O)CO)NC(=O)N1. The van der Waals surface area contributed by atoms with E-state index < -0.39 is 30.7 Å². The van der Waals surface area contributed by atoms with E-state index in [2.05, 4.69) is 5.32 Å². The predicted octanol–water partition coefficient (Wildman–Crippen LogP) is -2.06. The van der Waals surface area contributed by atoms with Crippen molar-refractivity contribution in [1.82, 2.24) is 10.6 Å². The lowest BCUT2D eigenvalue weighted by molar-refractivity contribution is -0.122. The molecule has 0 spiro atoms. The monoisotopic (exact) mass is 174 g/mol. The number of carbonyl (C=O) groups excluding carboxylic acids is 2. The minimum absolute atomic E-state index is 0.00648. The minimum Gasteiger partial charge on any atom is -0.394 e. The third-order valence-corrected chi connectivity index (χ3v) is 1.63. The lowest BCUT2D eigenvalue weighted by Gasteiger charge is -2.25. The maximum Gasteiger partial charge on any atom is 0.321 e. The van der Waals surface area contributed by atoms with E-state index >= 15 is 0 Å². The summed E-state index contributed by atoms with van der Waals surface area (Å²) in [5.74, 6) is -0.448. The number of rotatable bonds is 2. The Morgan fingerprint density at radius 3 is 2.75 bits per heavy atom. The Labute approximate surface area is 68.6 Å². The molecule has 0 aliphatic carbocycles. The molecule has 1 saturated heterocycles. The van der Waals surface area contributed by atoms with Gasteiger partial charge in [0.1, 0.15) is 0 Å². The molecule has 4 N–H and O–H groups in total. The van der Waals surface area contributed by atoms with Crippen molar-refractivity contribution in [3.05, 3.63) is 0 Å². The van der Waals surface area contributed by atoms with Gasteiger partial charge in [0.25, 0.3) is 0 Å². The molecular formula is C6H10N2O4. The van der Waals surface area contributed by atoms with E-state index in [9.17, 15) is 9.59 Å². The van der Waals surface area contributed by atoms with Crippen LogP contribution in [0.4, 0.5) is 4.79 Å². The molecule has 1 aliphatic rings. The van der Waals surface area contributed by atoms with Gasteiger partial charge >= 0.3 is 6.03 Å². The van der Waals surface area contributed by atoms with Crippen molar-refractivity contribution in [2.75, 3.05) is 6.61 Å². The molecule has 0 aromatic heterocycles. The lowest BCUT2D eigenvalue weighted by Crippen LogP contribution is -2.57. The van der Waals surface area contributed by atoms with Crippen LogP contribution >= 0.6 is 0 Å². The van der Waals surface area contributed by atoms with Crippen LogP contribution in [0.3, 0.4) is 0 Å². The first-order chi connectivity index (χ1) is 5.63. The molecule has 0 aromatic carbocycles. The molecule has 3 amide bonds. The summed E-state index contributed by atoms with van der Waals surface area (Å²) in [6, 6.07) is -1.32. The number of aliphatic hydroxyl groups is 2. The van der Waals surface area contributed by atoms with Crippen LogP contribution in [0.2, 0.25) is 0 Å². The molecule has 1 fully saturated rings. The molecule has 0 radical (unpaired) electrons. The normalized spacial score (nSPS) is 26.0. The minimum atomic E-state index is -1.08. The molecular weight excluding hydrogens is 164 g/mol. The van der Waals surface area contributed by atoms with E-state index in [1.165, 1.54) is 0 Å². The predicted molar refractivity (Wildman–Crippen MR) is 38.2 cm³/mol. The van der Waals surface area contributed by atoms with Gasteiger partial charge in [0.05, 0.1) is 18.8 Å². The maximum absolute atomic E-state index is 10.7. The topological polar surface area (TPSA) is 98.7 Å². The van der Waals surface area contributed by atoms with Crippen molar-refractivity contribution in [3.8, 4) is 0 Å². The number of hydrogen-bond acceptors (Lipinski definition) is 4. The highest BCUT2D eigenvalue weighted by molar-refractivity contribution is 5.97. The van der Waals surface area contributed by atoms with Crippen molar-refractivity contribution < 1.29 is 19.8 Å². The van der Waals surface area contributed by atoms with Crippen LogP contribution in [-0.4, -0.2) is 40.9 Å². The Morgan fingerprint density at radius 1 is 1.58 bits per heavy atom. The van der Waals surface area contributed by atoms with Crippen molar-refractivity contribution in [2.24, 2.45) is 0 Å². The molecule has 6 nitrogen and oxygen atoms in total. The van der Waals surface area contributed by atoms with E-state index in [4.69, 9.17) is 10.2 Å². The highest BCUT2D eigenvalue weighted by Crippen LogP contribution is 2.02. The number of amides is 3. The molecule has 12 heavy (non-hydrogen) atoms. The van der Waals surface area contributed by atoms with Gasteiger partial charge in [0, 0.05) is 6.42 Å². The van der Waals surface area contributed by atoms with Gasteiger partial charge in [-0.15, -0.1) is 0 Å². The second-order valence-electron chi connectivity index (χ2n) is 2.58. The zero-order chi connectivity index (χ0) is 9.14. The van der Waals surface area contributed by atoms with Crippen LogP contribution in [-0.2, 0) is 4.79 Å². The molecule has 6 heteroatoms. The van der Waals surface area contributed by atoms with Gasteiger partial charge < -0.3 is 15.5 Å². The lowest BCUT2D eigenvalue weighted by atomic mass is 10.1. The highest BCUT2D eigenvalue weighted by atomic mass is 16.3. The number of urea groups is 1. The first-order valence-electron chi connectivity index (χ1n) is 3.52. The summed E-state index contributed by atoms with van der Waals surface area (Å²) in [6.07, 6.45) is -1.09. The Morgan fingerprint density at radius 2 is 2.25 bits per heavy atom. The third-order valence-electron chi connectivity index (χ3n) is 1.63. The first-order valence-corrected chi connectivity index (χ1v) is 3.52. The summed E-state index contributed by atoms with van der Waals surface area (Å²) in [5.41, 5.74) is 0. The summed E-state index contributed by atoms with van der Waals surface area (Å²) in [7, 11) is 0. The number of nitrogens with one attached hydrogen (secondary N) is 2. The zero-order valence-electron chi connectivity index (χ0n) is 6.28. The van der Waals surface area contributed by atoms with E-state index in [-0.39, 0.29) is 6.42 Å². The van der Waals surface area contributed by atoms with Crippen LogP contribution in [0.5, 0.6) is 0 Å². The van der Waals surface area contributed by atoms with Gasteiger partial charge in [-0.3, -0.25) is 10.1 Å². The fraction of sp³-hybridized carbons (Fsp3) is 0.667. The molecule has 1 aliphatic heterocycles. The summed E-state index contributed by atoms with van der Waals surface area (Å²) in [5, 5.41) is 21.9. The standard InChI is InChI=1S/C6H10N2O4/c9-2-4(10)3-1-5(11)8-6(12)7-3/h3-4,9-10H,1-2H2,(H2,7,8,11,12). The molecule has 0 bridgehead atoms. The number of carbonyl (C=O) groups is 2. The summed E-state index contributed by atoms with van der Waals surface area (Å²) in [4.78, 5) is 21.4. The number of imide groups is 1. The fourth-order valence-corrected chi connectivity index (χ4v) is 0.992. The maximum atomic E-state index is 10.7. The summed E-state index contributed by atoms with van der Waals surface area (Å²) >= 11 is 0. The first kappa shape index (κ1) is 8.95. The molecule has 68 valence electrons. The Bertz CT molecular complexity index is 190. The Balaban J connectivity index is 2.55. The van der Waals surface area contributed by atoms with Crippen molar-refractivity contribution in [3.63, 3.8) is 0 Å². The second kappa shape index (κ2) is 3.51. The van der Waals surface area contributed by atoms with Crippen LogP contribution in [0.1, 0.15) is 6.42 Å². The summed E-state index contributed by atoms with van der Waals surface area (Å²) < 4.78 is 0. The summed E-state index contributed by atoms with van der Waals surface area (Å²) in [6.45, 7) is -0.474. The molecule has 1 rings (SSSR count). The van der Waals surface area contributed by atoms with Gasteiger partial charge in [0.2, 0.25) is 5.91 Å². The molecule has 2 atom stereocenters. The highest BCUT2D eigenvalue weighted by Gasteiger charge is 2.28. The van der Waals surface area contributed by atoms with Crippen LogP contribution < -0.4 is 10.6 Å². The van der Waals surface area contributed by atoms with Crippen molar-refractivity contribution >= 4 is 11.9 Å². The number of hydrogen-bond donors (Lipinski definition) is 4. The quantitative estimate of drug-likeness (QED) is 0.387. The van der Waals surface area contributed by atoms with Crippen LogP contribution in [0, 0.1) is 0 Å². The molecule has 0 saturated carbocycles. The zero-order valence-corrected chi connectivity index (χ0v) is 6.28. The Kier molecular flexibility index (Phi) is 2.61. The van der Waals surface area contributed by atoms with Crippen LogP contribution in [0.15, 0.2) is 0 Å². The smallest absolute Gasteiger partial charge is 0.321 e.